The summed E-state index contributed by atoms with van der Waals surface area (Å²) >= 11 is 5.75. The second kappa shape index (κ2) is 6.24. The zero-order chi connectivity index (χ0) is 13.9. The first kappa shape index (κ1) is 14.8. The summed E-state index contributed by atoms with van der Waals surface area (Å²) in [5.41, 5.74) is 0. The van der Waals surface area contributed by atoms with Crippen LogP contribution in [0.2, 0.25) is 0 Å². The van der Waals surface area contributed by atoms with E-state index in [4.69, 9.17) is 11.6 Å². The number of nitrogens with one attached hydrogen (secondary N) is 1. The first-order valence-corrected chi connectivity index (χ1v) is 8.65. The molecule has 0 bridgehead atoms. The van der Waals surface area contributed by atoms with E-state index in [0.29, 0.717) is 37.1 Å². The van der Waals surface area contributed by atoms with Gasteiger partial charge in [-0.3, -0.25) is 0 Å². The summed E-state index contributed by atoms with van der Waals surface area (Å²) in [5.74, 6) is 1.66. The lowest BCUT2D eigenvalue weighted by Crippen LogP contribution is -2.40. The monoisotopic (exact) mass is 305 g/mol. The molecule has 0 aliphatic carbocycles. The first-order valence-electron chi connectivity index (χ1n) is 6.68. The lowest BCUT2D eigenvalue weighted by molar-refractivity contribution is 0.262. The van der Waals surface area contributed by atoms with Gasteiger partial charge in [-0.1, -0.05) is 6.92 Å². The van der Waals surface area contributed by atoms with E-state index < -0.39 is 10.0 Å². The molecule has 1 aromatic heterocycles. The van der Waals surface area contributed by atoms with Crippen molar-refractivity contribution in [1.82, 2.24) is 14.3 Å². The Balaban J connectivity index is 2.14. The van der Waals surface area contributed by atoms with Crippen LogP contribution in [0.25, 0.3) is 0 Å². The van der Waals surface area contributed by atoms with Crippen LogP contribution in [0, 0.1) is 5.92 Å². The lowest BCUT2D eigenvalue weighted by Gasteiger charge is -2.31. The van der Waals surface area contributed by atoms with Gasteiger partial charge in [0.25, 0.3) is 10.0 Å². The molecular weight excluding hydrogens is 286 g/mol. The summed E-state index contributed by atoms with van der Waals surface area (Å²) in [6.07, 6.45) is 4.94. The molecule has 1 unspecified atom stereocenters. The van der Waals surface area contributed by atoms with E-state index in [0.717, 1.165) is 19.3 Å². The molecule has 0 aromatic carbocycles. The van der Waals surface area contributed by atoms with Crippen LogP contribution < -0.4 is 0 Å². The van der Waals surface area contributed by atoms with Crippen molar-refractivity contribution in [3.8, 4) is 0 Å². The molecular formula is C12H20ClN3O2S. The van der Waals surface area contributed by atoms with Gasteiger partial charge in [-0.2, -0.15) is 4.31 Å². The molecule has 1 aliphatic rings. The molecule has 0 radical (unpaired) electrons. The Bertz CT molecular complexity index is 513. The van der Waals surface area contributed by atoms with Gasteiger partial charge in [0.2, 0.25) is 0 Å². The van der Waals surface area contributed by atoms with Crippen LogP contribution in [0.3, 0.4) is 0 Å². The van der Waals surface area contributed by atoms with Crippen LogP contribution in [0.1, 0.15) is 32.0 Å². The smallest absolute Gasteiger partial charge is 0.260 e. The minimum atomic E-state index is -3.43. The highest BCUT2D eigenvalue weighted by molar-refractivity contribution is 7.89. The largest absolute Gasteiger partial charge is 0.332 e. The normalized spacial score (nSPS) is 21.7. The molecule has 1 fully saturated rings. The van der Waals surface area contributed by atoms with Crippen LogP contribution in [-0.2, 0) is 16.4 Å². The summed E-state index contributed by atoms with van der Waals surface area (Å²) in [6, 6.07) is 0. The highest BCUT2D eigenvalue weighted by atomic mass is 35.5. The zero-order valence-electron chi connectivity index (χ0n) is 11.1. The Hall–Kier alpha value is -0.590. The van der Waals surface area contributed by atoms with Crippen LogP contribution in [0.4, 0.5) is 0 Å². The number of aromatic amines is 1. The predicted molar refractivity (Wildman–Crippen MR) is 74.8 cm³/mol. The number of sulfonamides is 1. The Morgan fingerprint density at radius 2 is 2.37 bits per heavy atom. The maximum atomic E-state index is 12.5. The maximum Gasteiger partial charge on any atom is 0.260 e. The van der Waals surface area contributed by atoms with Crippen molar-refractivity contribution in [1.29, 1.82) is 0 Å². The van der Waals surface area contributed by atoms with Gasteiger partial charge in [0.15, 0.2) is 5.03 Å². The Kier molecular flexibility index (Phi) is 4.86. The van der Waals surface area contributed by atoms with Gasteiger partial charge in [0.1, 0.15) is 5.82 Å². The Labute approximate surface area is 119 Å². The van der Waals surface area contributed by atoms with Crippen molar-refractivity contribution >= 4 is 21.6 Å². The number of aryl methyl sites for hydroxylation is 1. The number of rotatable bonds is 5. The maximum absolute atomic E-state index is 12.5. The molecule has 19 heavy (non-hydrogen) atoms. The van der Waals surface area contributed by atoms with Crippen molar-refractivity contribution in [3.63, 3.8) is 0 Å². The molecule has 1 aliphatic heterocycles. The van der Waals surface area contributed by atoms with E-state index in [1.807, 2.05) is 6.92 Å². The molecule has 108 valence electrons. The number of piperidine rings is 1. The summed E-state index contributed by atoms with van der Waals surface area (Å²) in [4.78, 5) is 6.95. The molecule has 1 saturated heterocycles. The van der Waals surface area contributed by atoms with Crippen LogP contribution >= 0.6 is 11.6 Å². The molecule has 1 aromatic rings. The minimum Gasteiger partial charge on any atom is -0.332 e. The van der Waals surface area contributed by atoms with E-state index in [2.05, 4.69) is 9.97 Å². The molecule has 0 amide bonds. The third-order valence-electron chi connectivity index (χ3n) is 3.56. The minimum absolute atomic E-state index is 0.205. The van der Waals surface area contributed by atoms with E-state index in [9.17, 15) is 8.42 Å². The van der Waals surface area contributed by atoms with Crippen molar-refractivity contribution in [2.75, 3.05) is 19.0 Å². The second-order valence-electron chi connectivity index (χ2n) is 4.90. The van der Waals surface area contributed by atoms with E-state index in [1.54, 1.807) is 4.31 Å². The third-order valence-corrected chi connectivity index (χ3v) is 5.55. The number of nitrogens with zero attached hydrogens (tertiary/aromatic N) is 2. The lowest BCUT2D eigenvalue weighted by atomic mass is 9.97. The van der Waals surface area contributed by atoms with Gasteiger partial charge >= 0.3 is 0 Å². The summed E-state index contributed by atoms with van der Waals surface area (Å²) in [7, 11) is -3.43. The molecule has 0 saturated carbocycles. The molecule has 7 heteroatoms. The number of H-pyrrole nitrogens is 1. The zero-order valence-corrected chi connectivity index (χ0v) is 12.7. The van der Waals surface area contributed by atoms with Gasteiger partial charge in [-0.25, -0.2) is 13.4 Å². The number of hydrogen-bond donors (Lipinski definition) is 1. The van der Waals surface area contributed by atoms with Gasteiger partial charge in [0.05, 0.1) is 6.20 Å². The van der Waals surface area contributed by atoms with Gasteiger partial charge in [0, 0.05) is 25.4 Å². The molecule has 0 spiro atoms. The summed E-state index contributed by atoms with van der Waals surface area (Å²) < 4.78 is 26.5. The molecule has 1 N–H and O–H groups in total. The van der Waals surface area contributed by atoms with E-state index in [1.165, 1.54) is 6.20 Å². The topological polar surface area (TPSA) is 66.1 Å². The highest BCUT2D eigenvalue weighted by Crippen LogP contribution is 2.25. The standard InChI is InChI=1S/C12H20ClN3O2S/c1-2-11-14-8-12(15-11)19(17,18)16-7-3-4-10(9-16)5-6-13/h8,10H,2-7,9H2,1H3,(H,14,15). The van der Waals surface area contributed by atoms with Crippen molar-refractivity contribution < 1.29 is 8.42 Å². The van der Waals surface area contributed by atoms with E-state index >= 15 is 0 Å². The van der Waals surface area contributed by atoms with Crippen molar-refractivity contribution in [3.05, 3.63) is 12.0 Å². The van der Waals surface area contributed by atoms with Crippen LogP contribution in [-0.4, -0.2) is 41.7 Å². The number of alkyl halides is 1. The highest BCUT2D eigenvalue weighted by Gasteiger charge is 2.31. The number of hydrogen-bond acceptors (Lipinski definition) is 3. The predicted octanol–water partition coefficient (Wildman–Crippen LogP) is 2.00. The average molecular weight is 306 g/mol. The summed E-state index contributed by atoms with van der Waals surface area (Å²) in [5, 5.41) is 0.205. The molecule has 5 nitrogen and oxygen atoms in total. The van der Waals surface area contributed by atoms with Crippen molar-refractivity contribution in [2.45, 2.75) is 37.6 Å². The fraction of sp³-hybridized carbons (Fsp3) is 0.750. The third kappa shape index (κ3) is 3.30. The Morgan fingerprint density at radius 3 is 3.00 bits per heavy atom. The molecule has 1 atom stereocenters. The fourth-order valence-corrected chi connectivity index (χ4v) is 4.22. The quantitative estimate of drug-likeness (QED) is 0.846. The van der Waals surface area contributed by atoms with E-state index in [-0.39, 0.29) is 5.03 Å². The summed E-state index contributed by atoms with van der Waals surface area (Å²) in [6.45, 7) is 3.09. The number of imidazole rings is 1. The van der Waals surface area contributed by atoms with Crippen LogP contribution in [0.5, 0.6) is 0 Å². The van der Waals surface area contributed by atoms with Gasteiger partial charge < -0.3 is 4.98 Å². The number of halogens is 1. The molecule has 2 heterocycles. The average Bonchev–Trinajstić information content (AvgIpc) is 2.89. The number of aromatic nitrogens is 2. The first-order chi connectivity index (χ1) is 9.07. The van der Waals surface area contributed by atoms with Gasteiger partial charge in [-0.15, -0.1) is 11.6 Å². The van der Waals surface area contributed by atoms with Crippen LogP contribution in [0.15, 0.2) is 11.2 Å². The van der Waals surface area contributed by atoms with Crippen molar-refractivity contribution in [2.24, 2.45) is 5.92 Å². The Morgan fingerprint density at radius 1 is 1.58 bits per heavy atom. The second-order valence-corrected chi connectivity index (χ2v) is 7.18. The van der Waals surface area contributed by atoms with Gasteiger partial charge in [-0.05, 0) is 25.2 Å². The molecule has 2 rings (SSSR count). The fourth-order valence-electron chi connectivity index (χ4n) is 2.43. The SMILES string of the molecule is CCc1ncc(S(=O)(=O)N2CCCC(CCCl)C2)[nH]1.